The molecule has 1 saturated heterocycles. The molecule has 1 amide bonds. The van der Waals surface area contributed by atoms with Crippen LogP contribution in [-0.2, 0) is 20.9 Å². The molecule has 8 nitrogen and oxygen atoms in total. The zero-order valence-corrected chi connectivity index (χ0v) is 19.3. The Morgan fingerprint density at radius 3 is 2.32 bits per heavy atom. The number of rotatable bonds is 7. The number of ether oxygens (including phenoxy) is 1. The molecule has 0 bridgehead atoms. The lowest BCUT2D eigenvalue weighted by Crippen LogP contribution is -2.63. The summed E-state index contributed by atoms with van der Waals surface area (Å²) in [6.45, 7) is 8.44. The number of amides is 1. The van der Waals surface area contributed by atoms with Crippen LogP contribution in [0.3, 0.4) is 0 Å². The molecule has 0 spiro atoms. The van der Waals surface area contributed by atoms with E-state index in [4.69, 9.17) is 16.3 Å². The first-order valence-corrected chi connectivity index (χ1v) is 10.7. The predicted molar refractivity (Wildman–Crippen MR) is 116 cm³/mol. The van der Waals surface area contributed by atoms with Gasteiger partial charge in [-0.15, -0.1) is 0 Å². The molecule has 1 fully saturated rings. The third kappa shape index (κ3) is 4.80. The van der Waals surface area contributed by atoms with Crippen LogP contribution in [0.1, 0.15) is 53.0 Å². The number of halogens is 1. The number of benzene rings is 1. The van der Waals surface area contributed by atoms with E-state index in [0.29, 0.717) is 5.02 Å². The van der Waals surface area contributed by atoms with Crippen molar-refractivity contribution in [1.29, 1.82) is 0 Å². The predicted octanol–water partition coefficient (Wildman–Crippen LogP) is 3.76. The summed E-state index contributed by atoms with van der Waals surface area (Å²) in [4.78, 5) is 39.4. The molecule has 0 radical (unpaired) electrons. The highest BCUT2D eigenvalue weighted by Gasteiger charge is 2.67. The Labute approximate surface area is 187 Å². The van der Waals surface area contributed by atoms with E-state index in [-0.39, 0.29) is 25.9 Å². The summed E-state index contributed by atoms with van der Waals surface area (Å²) in [6, 6.07) is 6.98. The monoisotopic (exact) mass is 454 g/mol. The second-order valence-corrected chi connectivity index (χ2v) is 9.37. The maximum atomic E-state index is 12.6. The van der Waals surface area contributed by atoms with Crippen LogP contribution in [0.15, 0.2) is 24.3 Å². The maximum absolute atomic E-state index is 12.6. The van der Waals surface area contributed by atoms with Gasteiger partial charge >= 0.3 is 18.0 Å². The number of nitrogens with zero attached hydrogens (tertiary/aromatic N) is 1. The molecule has 1 aliphatic rings. The second-order valence-electron chi connectivity index (χ2n) is 8.93. The summed E-state index contributed by atoms with van der Waals surface area (Å²) < 4.78 is 5.30. The van der Waals surface area contributed by atoms with Gasteiger partial charge in [-0.1, -0.05) is 37.6 Å². The van der Waals surface area contributed by atoms with Gasteiger partial charge in [0.25, 0.3) is 0 Å². The molecular formula is C22H31ClN2O6. The van der Waals surface area contributed by atoms with Gasteiger partial charge < -0.3 is 20.3 Å². The lowest BCUT2D eigenvalue weighted by Gasteiger charge is -2.39. The van der Waals surface area contributed by atoms with Gasteiger partial charge in [-0.05, 0) is 51.3 Å². The minimum atomic E-state index is -1.83. The quantitative estimate of drug-likeness (QED) is 0.574. The summed E-state index contributed by atoms with van der Waals surface area (Å²) in [6.07, 6.45) is -0.505. The normalized spacial score (nSPS) is 26.5. The molecule has 3 atom stereocenters. The van der Waals surface area contributed by atoms with Gasteiger partial charge in [-0.25, -0.2) is 9.59 Å². The number of aliphatic carboxylic acids is 2. The highest BCUT2D eigenvalue weighted by molar-refractivity contribution is 6.30. The van der Waals surface area contributed by atoms with Crippen molar-refractivity contribution in [2.75, 3.05) is 6.54 Å². The van der Waals surface area contributed by atoms with Gasteiger partial charge in [0.2, 0.25) is 0 Å². The van der Waals surface area contributed by atoms with Crippen LogP contribution in [-0.4, -0.2) is 56.4 Å². The molecule has 9 heteroatoms. The molecule has 0 saturated carbocycles. The largest absolute Gasteiger partial charge is 0.480 e. The van der Waals surface area contributed by atoms with Gasteiger partial charge in [0.1, 0.15) is 11.1 Å². The minimum absolute atomic E-state index is 0.159. The van der Waals surface area contributed by atoms with Gasteiger partial charge in [-0.2, -0.15) is 0 Å². The number of hydrogen-bond acceptors (Lipinski definition) is 5. The van der Waals surface area contributed by atoms with Gasteiger partial charge in [0.05, 0.1) is 0 Å². The molecule has 1 aliphatic heterocycles. The van der Waals surface area contributed by atoms with Gasteiger partial charge in [-0.3, -0.25) is 9.69 Å². The fourth-order valence-electron chi connectivity index (χ4n) is 4.71. The average Bonchev–Trinajstić information content (AvgIpc) is 2.90. The van der Waals surface area contributed by atoms with Crippen molar-refractivity contribution in [2.24, 2.45) is 5.92 Å². The Morgan fingerprint density at radius 2 is 1.87 bits per heavy atom. The van der Waals surface area contributed by atoms with Crippen molar-refractivity contribution < 1.29 is 29.3 Å². The van der Waals surface area contributed by atoms with Gasteiger partial charge in [0.15, 0.2) is 5.54 Å². The smallest absolute Gasteiger partial charge is 0.408 e. The van der Waals surface area contributed by atoms with E-state index in [0.717, 1.165) is 5.56 Å². The zero-order chi connectivity index (χ0) is 23.6. The summed E-state index contributed by atoms with van der Waals surface area (Å²) in [5, 5.41) is 23.6. The van der Waals surface area contributed by atoms with Crippen LogP contribution in [0.2, 0.25) is 5.02 Å². The first-order valence-electron chi connectivity index (χ1n) is 10.3. The van der Waals surface area contributed by atoms with Crippen molar-refractivity contribution >= 4 is 29.6 Å². The van der Waals surface area contributed by atoms with Crippen LogP contribution in [0.5, 0.6) is 0 Å². The van der Waals surface area contributed by atoms with Crippen molar-refractivity contribution in [3.63, 3.8) is 0 Å². The van der Waals surface area contributed by atoms with E-state index in [2.05, 4.69) is 5.32 Å². The first-order chi connectivity index (χ1) is 14.3. The summed E-state index contributed by atoms with van der Waals surface area (Å²) in [5.41, 5.74) is -3.41. The first kappa shape index (κ1) is 24.9. The third-order valence-electron chi connectivity index (χ3n) is 5.86. The summed E-state index contributed by atoms with van der Waals surface area (Å²) >= 11 is 6.09. The molecular weight excluding hydrogens is 424 g/mol. The number of carbonyl (C=O) groups excluding carboxylic acids is 1. The Morgan fingerprint density at radius 1 is 1.23 bits per heavy atom. The number of hydrogen-bond donors (Lipinski definition) is 3. The summed E-state index contributed by atoms with van der Waals surface area (Å²) in [5.74, 6) is -3.32. The number of carboxylic acids is 2. The number of likely N-dealkylation sites (tertiary alicyclic amines) is 1. The molecule has 1 heterocycles. The van der Waals surface area contributed by atoms with E-state index < -0.39 is 40.6 Å². The van der Waals surface area contributed by atoms with Crippen LogP contribution >= 0.6 is 11.6 Å². The SMILES string of the molecule is CCC1[C@](CC)(C(=O)O)N(Cc2cccc(Cl)c2)C[C@@]1(NC(=O)OC(C)(C)C)C(=O)O. The topological polar surface area (TPSA) is 116 Å². The lowest BCUT2D eigenvalue weighted by molar-refractivity contribution is -0.154. The Hall–Kier alpha value is -2.32. The van der Waals surface area contributed by atoms with E-state index in [1.165, 1.54) is 0 Å². The highest BCUT2D eigenvalue weighted by atomic mass is 35.5. The van der Waals surface area contributed by atoms with Gasteiger partial charge in [0, 0.05) is 24.0 Å². The molecule has 2 rings (SSSR count). The number of carboxylic acid groups (broad SMARTS) is 2. The van der Waals surface area contributed by atoms with Crippen LogP contribution in [0, 0.1) is 5.92 Å². The number of nitrogens with one attached hydrogen (secondary N) is 1. The maximum Gasteiger partial charge on any atom is 0.408 e. The van der Waals surface area contributed by atoms with Crippen LogP contribution < -0.4 is 5.32 Å². The Bertz CT molecular complexity index is 855. The fourth-order valence-corrected chi connectivity index (χ4v) is 4.92. The Balaban J connectivity index is 2.57. The molecule has 31 heavy (non-hydrogen) atoms. The molecule has 1 unspecified atom stereocenters. The lowest BCUT2D eigenvalue weighted by atomic mass is 9.72. The number of carbonyl (C=O) groups is 3. The second kappa shape index (κ2) is 9.04. The van der Waals surface area contributed by atoms with E-state index in [1.807, 2.05) is 0 Å². The molecule has 0 aromatic heterocycles. The fraction of sp³-hybridized carbons (Fsp3) is 0.591. The molecule has 1 aromatic carbocycles. The van der Waals surface area contributed by atoms with E-state index >= 15 is 0 Å². The van der Waals surface area contributed by atoms with Crippen molar-refractivity contribution in [3.05, 3.63) is 34.9 Å². The Kier molecular flexibility index (Phi) is 7.28. The van der Waals surface area contributed by atoms with Crippen LogP contribution in [0.4, 0.5) is 4.79 Å². The molecule has 172 valence electrons. The van der Waals surface area contributed by atoms with E-state index in [1.54, 1.807) is 63.8 Å². The third-order valence-corrected chi connectivity index (χ3v) is 6.10. The molecule has 0 aliphatic carbocycles. The average molecular weight is 455 g/mol. The van der Waals surface area contributed by atoms with Crippen molar-refractivity contribution in [2.45, 2.75) is 70.7 Å². The van der Waals surface area contributed by atoms with Crippen molar-refractivity contribution in [3.8, 4) is 0 Å². The highest BCUT2D eigenvalue weighted by Crippen LogP contribution is 2.47. The zero-order valence-electron chi connectivity index (χ0n) is 18.6. The standard InChI is InChI=1S/C22H31ClN2O6/c1-6-16-21(17(26)27,24-19(30)31-20(3,4)5)13-25(22(16,7-2)18(28)29)12-14-9-8-10-15(23)11-14/h8-11,16H,6-7,12-13H2,1-5H3,(H,24,30)(H,26,27)(H,28,29)/t16?,21-,22+/m0/s1. The van der Waals surface area contributed by atoms with E-state index in [9.17, 15) is 24.6 Å². The van der Waals surface area contributed by atoms with Crippen molar-refractivity contribution in [1.82, 2.24) is 10.2 Å². The number of alkyl carbamates (subject to hydrolysis) is 1. The minimum Gasteiger partial charge on any atom is -0.480 e. The van der Waals surface area contributed by atoms with Crippen LogP contribution in [0.25, 0.3) is 0 Å². The molecule has 3 N–H and O–H groups in total. The summed E-state index contributed by atoms with van der Waals surface area (Å²) in [7, 11) is 0. The molecule has 1 aromatic rings.